The largest absolute Gasteiger partial charge is 0.367 e. The summed E-state index contributed by atoms with van der Waals surface area (Å²) in [4.78, 5) is 19.0. The van der Waals surface area contributed by atoms with Gasteiger partial charge in [0.2, 0.25) is 0 Å². The molecule has 0 spiro atoms. The molecule has 0 saturated carbocycles. The summed E-state index contributed by atoms with van der Waals surface area (Å²) in [7, 11) is 0. The van der Waals surface area contributed by atoms with E-state index in [0.717, 1.165) is 65.4 Å². The van der Waals surface area contributed by atoms with Crippen molar-refractivity contribution in [2.45, 2.75) is 6.92 Å². The topological polar surface area (TPSA) is 50.9 Å². The van der Waals surface area contributed by atoms with Gasteiger partial charge in [-0.3, -0.25) is 9.69 Å². The third kappa shape index (κ3) is 6.74. The number of likely N-dealkylation sites (N-methyl/N-ethyl adjacent to an activating group) is 1. The van der Waals surface area contributed by atoms with Crippen LogP contribution in [0, 0.1) is 5.82 Å². The van der Waals surface area contributed by atoms with Gasteiger partial charge in [-0.2, -0.15) is 0 Å². The maximum Gasteiger partial charge on any atom is 0.251 e. The Bertz CT molecular complexity index is 608. The van der Waals surface area contributed by atoms with Crippen molar-refractivity contribution in [1.82, 2.24) is 20.4 Å². The minimum Gasteiger partial charge on any atom is -0.367 e. The number of halogens is 3. The summed E-state index contributed by atoms with van der Waals surface area (Å²) in [6.07, 6.45) is 0. The molecular formula is C19H32Cl2FN5O. The number of rotatable bonds is 6. The molecule has 0 atom stereocenters. The van der Waals surface area contributed by atoms with Gasteiger partial charge in [-0.1, -0.05) is 6.92 Å². The average molecular weight is 436 g/mol. The number of amides is 1. The lowest BCUT2D eigenvalue weighted by Gasteiger charge is -2.35. The molecule has 3 rings (SSSR count). The molecular weight excluding hydrogens is 404 g/mol. The van der Waals surface area contributed by atoms with Crippen molar-refractivity contribution in [3.8, 4) is 0 Å². The summed E-state index contributed by atoms with van der Waals surface area (Å²) in [5, 5.41) is 6.20. The highest BCUT2D eigenvalue weighted by molar-refractivity contribution is 5.94. The van der Waals surface area contributed by atoms with Crippen molar-refractivity contribution in [3.63, 3.8) is 0 Å². The van der Waals surface area contributed by atoms with E-state index in [0.29, 0.717) is 17.8 Å². The van der Waals surface area contributed by atoms with Gasteiger partial charge >= 0.3 is 0 Å². The predicted octanol–water partition coefficient (Wildman–Crippen LogP) is 1.45. The van der Waals surface area contributed by atoms with E-state index in [1.807, 2.05) is 0 Å². The maximum atomic E-state index is 14.5. The van der Waals surface area contributed by atoms with E-state index in [1.54, 1.807) is 12.1 Å². The lowest BCUT2D eigenvalue weighted by molar-refractivity contribution is 0.0947. The van der Waals surface area contributed by atoms with Gasteiger partial charge in [-0.05, 0) is 24.7 Å². The molecule has 0 bridgehead atoms. The molecule has 1 amide bonds. The number of anilines is 1. The van der Waals surface area contributed by atoms with Gasteiger partial charge in [0, 0.05) is 71.0 Å². The van der Waals surface area contributed by atoms with E-state index in [4.69, 9.17) is 0 Å². The van der Waals surface area contributed by atoms with Gasteiger partial charge in [-0.25, -0.2) is 4.39 Å². The van der Waals surface area contributed by atoms with E-state index in [9.17, 15) is 9.18 Å². The number of nitrogens with zero attached hydrogens (tertiary/aromatic N) is 3. The minimum absolute atomic E-state index is 0. The van der Waals surface area contributed by atoms with E-state index < -0.39 is 0 Å². The molecule has 2 fully saturated rings. The molecule has 2 aliphatic heterocycles. The molecule has 0 radical (unpaired) electrons. The van der Waals surface area contributed by atoms with Gasteiger partial charge < -0.3 is 20.4 Å². The van der Waals surface area contributed by atoms with Crippen LogP contribution in [0.1, 0.15) is 17.3 Å². The zero-order chi connectivity index (χ0) is 18.4. The second-order valence-corrected chi connectivity index (χ2v) is 6.94. The molecule has 28 heavy (non-hydrogen) atoms. The molecule has 6 nitrogen and oxygen atoms in total. The molecule has 2 heterocycles. The van der Waals surface area contributed by atoms with Gasteiger partial charge in [0.15, 0.2) is 0 Å². The van der Waals surface area contributed by atoms with Crippen LogP contribution in [-0.2, 0) is 0 Å². The number of benzene rings is 1. The quantitative estimate of drug-likeness (QED) is 0.707. The Labute approximate surface area is 179 Å². The van der Waals surface area contributed by atoms with Crippen molar-refractivity contribution >= 4 is 36.4 Å². The zero-order valence-electron chi connectivity index (χ0n) is 16.5. The highest BCUT2D eigenvalue weighted by Gasteiger charge is 2.19. The summed E-state index contributed by atoms with van der Waals surface area (Å²) in [5.74, 6) is -0.522. The Hall–Kier alpha value is -1.12. The molecule has 0 unspecified atom stereocenters. The first-order chi connectivity index (χ1) is 12.7. The standard InChI is InChI=1S/C19H30FN5O.2ClH/c1-2-23-11-13-25(14-12-23)18-4-3-16(15-17(18)20)19(26)22-7-10-24-8-5-21-6-9-24;;/h3-4,15,21H,2,5-14H2,1H3,(H,22,26);2*1H. The first kappa shape index (κ1) is 24.9. The number of hydrogen-bond donors (Lipinski definition) is 2. The molecule has 0 aliphatic carbocycles. The van der Waals surface area contributed by atoms with Crippen LogP contribution in [-0.4, -0.2) is 87.7 Å². The van der Waals surface area contributed by atoms with Crippen molar-refractivity contribution in [1.29, 1.82) is 0 Å². The highest BCUT2D eigenvalue weighted by atomic mass is 35.5. The normalized spacial score (nSPS) is 18.1. The molecule has 2 aliphatic rings. The number of hydrogen-bond acceptors (Lipinski definition) is 5. The van der Waals surface area contributed by atoms with Crippen LogP contribution in [0.25, 0.3) is 0 Å². The van der Waals surface area contributed by atoms with Crippen molar-refractivity contribution in [2.75, 3.05) is 76.9 Å². The number of piperazine rings is 2. The van der Waals surface area contributed by atoms with Crippen molar-refractivity contribution < 1.29 is 9.18 Å². The highest BCUT2D eigenvalue weighted by Crippen LogP contribution is 2.22. The number of nitrogens with one attached hydrogen (secondary N) is 2. The van der Waals surface area contributed by atoms with Gasteiger partial charge in [-0.15, -0.1) is 24.8 Å². The Morgan fingerprint density at radius 1 is 1.07 bits per heavy atom. The van der Waals surface area contributed by atoms with Gasteiger partial charge in [0.25, 0.3) is 5.91 Å². The van der Waals surface area contributed by atoms with Crippen LogP contribution in [0.3, 0.4) is 0 Å². The molecule has 9 heteroatoms. The zero-order valence-corrected chi connectivity index (χ0v) is 18.1. The summed E-state index contributed by atoms with van der Waals surface area (Å²) in [6.45, 7) is 12.1. The Morgan fingerprint density at radius 3 is 2.36 bits per heavy atom. The van der Waals surface area contributed by atoms with Gasteiger partial charge in [0.05, 0.1) is 5.69 Å². The summed E-state index contributed by atoms with van der Waals surface area (Å²) in [5.41, 5.74) is 0.983. The fourth-order valence-corrected chi connectivity index (χ4v) is 3.57. The molecule has 2 saturated heterocycles. The van der Waals surface area contributed by atoms with E-state index in [2.05, 4.69) is 32.3 Å². The first-order valence-electron chi connectivity index (χ1n) is 9.65. The Morgan fingerprint density at radius 2 is 1.75 bits per heavy atom. The third-order valence-corrected chi connectivity index (χ3v) is 5.29. The lowest BCUT2D eigenvalue weighted by Crippen LogP contribution is -2.46. The van der Waals surface area contributed by atoms with E-state index >= 15 is 0 Å². The molecule has 0 aromatic heterocycles. The van der Waals surface area contributed by atoms with Crippen molar-refractivity contribution in [2.24, 2.45) is 0 Å². The Balaban J connectivity index is 0.00000196. The van der Waals surface area contributed by atoms with Crippen LogP contribution in [0.15, 0.2) is 18.2 Å². The summed E-state index contributed by atoms with van der Waals surface area (Å²) in [6, 6.07) is 4.83. The SMILES string of the molecule is CCN1CCN(c2ccc(C(=O)NCCN3CCNCC3)cc2F)CC1.Cl.Cl. The number of carbonyl (C=O) groups is 1. The van der Waals surface area contributed by atoms with Crippen LogP contribution in [0.2, 0.25) is 0 Å². The monoisotopic (exact) mass is 435 g/mol. The predicted molar refractivity (Wildman–Crippen MR) is 117 cm³/mol. The van der Waals surface area contributed by atoms with Crippen molar-refractivity contribution in [3.05, 3.63) is 29.6 Å². The Kier molecular flexibility index (Phi) is 11.1. The molecule has 1 aromatic rings. The smallest absolute Gasteiger partial charge is 0.251 e. The minimum atomic E-state index is -0.315. The summed E-state index contributed by atoms with van der Waals surface area (Å²) >= 11 is 0. The van der Waals surface area contributed by atoms with E-state index in [1.165, 1.54) is 6.07 Å². The lowest BCUT2D eigenvalue weighted by atomic mass is 10.1. The number of carbonyl (C=O) groups excluding carboxylic acids is 1. The molecule has 2 N–H and O–H groups in total. The summed E-state index contributed by atoms with van der Waals surface area (Å²) < 4.78 is 14.5. The van der Waals surface area contributed by atoms with Crippen LogP contribution in [0.5, 0.6) is 0 Å². The van der Waals surface area contributed by atoms with Gasteiger partial charge in [0.1, 0.15) is 5.82 Å². The first-order valence-corrected chi connectivity index (χ1v) is 9.65. The molecule has 160 valence electrons. The third-order valence-electron chi connectivity index (χ3n) is 5.29. The second kappa shape index (κ2) is 12.4. The fourth-order valence-electron chi connectivity index (χ4n) is 3.57. The average Bonchev–Trinajstić information content (AvgIpc) is 2.69. The molecule has 1 aromatic carbocycles. The van der Waals surface area contributed by atoms with Crippen LogP contribution >= 0.6 is 24.8 Å². The fraction of sp³-hybridized carbons (Fsp3) is 0.632. The van der Waals surface area contributed by atoms with Crippen LogP contribution < -0.4 is 15.5 Å². The second-order valence-electron chi connectivity index (χ2n) is 6.94. The van der Waals surface area contributed by atoms with Crippen LogP contribution in [0.4, 0.5) is 10.1 Å². The maximum absolute atomic E-state index is 14.5. The van der Waals surface area contributed by atoms with E-state index in [-0.39, 0.29) is 36.5 Å².